The van der Waals surface area contributed by atoms with Gasteiger partial charge in [-0.15, -0.1) is 0 Å². The highest BCUT2D eigenvalue weighted by Crippen LogP contribution is 2.31. The molecule has 2 amide bonds. The number of hydrogen-bond donors (Lipinski definition) is 0. The van der Waals surface area contributed by atoms with E-state index in [9.17, 15) is 19.5 Å². The molecule has 25 heavy (non-hydrogen) atoms. The molecule has 0 aliphatic carbocycles. The van der Waals surface area contributed by atoms with Crippen LogP contribution in [0.5, 0.6) is 0 Å². The standard InChI is InChI=1S/C17H16N2O4S2/c1-18-15(21)13(25-17(18)24)9-10-4-6-11(7-5-10)14(20)19-8-2-3-12(19)16(22)23/h4-7,9,12H,2-3,8H2,1H3,(H,22,23)/p-1/b13-9+/t12-/m1/s1. The molecule has 2 heterocycles. The first-order valence-electron chi connectivity index (χ1n) is 7.72. The largest absolute Gasteiger partial charge is 0.548 e. The van der Waals surface area contributed by atoms with Crippen molar-refractivity contribution in [3.63, 3.8) is 0 Å². The first-order valence-corrected chi connectivity index (χ1v) is 8.94. The van der Waals surface area contributed by atoms with Crippen LogP contribution in [-0.4, -0.2) is 51.5 Å². The Hall–Kier alpha value is -2.19. The summed E-state index contributed by atoms with van der Waals surface area (Å²) in [5, 5.41) is 11.1. The molecule has 2 aliphatic rings. The third kappa shape index (κ3) is 3.45. The number of likely N-dealkylation sites (tertiary alicyclic amines) is 1. The Labute approximate surface area is 154 Å². The molecular weight excluding hydrogens is 360 g/mol. The van der Waals surface area contributed by atoms with Crippen LogP contribution in [0.2, 0.25) is 0 Å². The van der Waals surface area contributed by atoms with Crippen LogP contribution in [0.25, 0.3) is 6.08 Å². The summed E-state index contributed by atoms with van der Waals surface area (Å²) in [6.45, 7) is 0.415. The van der Waals surface area contributed by atoms with Crippen molar-refractivity contribution in [3.8, 4) is 0 Å². The van der Waals surface area contributed by atoms with Gasteiger partial charge in [-0.2, -0.15) is 0 Å². The van der Waals surface area contributed by atoms with E-state index in [-0.39, 0.29) is 11.8 Å². The average molecular weight is 375 g/mol. The maximum Gasteiger partial charge on any atom is 0.265 e. The summed E-state index contributed by atoms with van der Waals surface area (Å²) < 4.78 is 0.505. The highest BCUT2D eigenvalue weighted by molar-refractivity contribution is 8.26. The number of carbonyl (C=O) groups excluding carboxylic acids is 3. The van der Waals surface area contributed by atoms with Crippen molar-refractivity contribution in [1.82, 2.24) is 9.80 Å². The lowest BCUT2D eigenvalue weighted by molar-refractivity contribution is -0.310. The zero-order chi connectivity index (χ0) is 18.1. The fraction of sp³-hybridized carbons (Fsp3) is 0.294. The Morgan fingerprint density at radius 1 is 1.32 bits per heavy atom. The van der Waals surface area contributed by atoms with Crippen molar-refractivity contribution in [1.29, 1.82) is 0 Å². The number of likely N-dealkylation sites (N-methyl/N-ethyl adjacent to an activating group) is 1. The Morgan fingerprint density at radius 3 is 2.56 bits per heavy atom. The third-order valence-electron chi connectivity index (χ3n) is 4.23. The smallest absolute Gasteiger partial charge is 0.265 e. The minimum Gasteiger partial charge on any atom is -0.548 e. The molecule has 1 atom stereocenters. The molecule has 130 valence electrons. The predicted octanol–water partition coefficient (Wildman–Crippen LogP) is 0.872. The highest BCUT2D eigenvalue weighted by atomic mass is 32.2. The summed E-state index contributed by atoms with van der Waals surface area (Å²) in [7, 11) is 1.63. The lowest BCUT2D eigenvalue weighted by Gasteiger charge is -2.25. The van der Waals surface area contributed by atoms with Gasteiger partial charge < -0.3 is 14.8 Å². The number of nitrogens with zero attached hydrogens (tertiary/aromatic N) is 2. The van der Waals surface area contributed by atoms with Gasteiger partial charge in [-0.25, -0.2) is 0 Å². The van der Waals surface area contributed by atoms with E-state index in [1.165, 1.54) is 21.6 Å². The second kappa shape index (κ2) is 6.97. The minimum atomic E-state index is -1.22. The zero-order valence-corrected chi connectivity index (χ0v) is 15.1. The van der Waals surface area contributed by atoms with Crippen LogP contribution in [0.3, 0.4) is 0 Å². The van der Waals surface area contributed by atoms with Gasteiger partial charge in [0, 0.05) is 19.2 Å². The lowest BCUT2D eigenvalue weighted by atomic mass is 10.1. The predicted molar refractivity (Wildman–Crippen MR) is 96.4 cm³/mol. The normalized spacial score (nSPS) is 22.1. The Bertz CT molecular complexity index is 788. The number of rotatable bonds is 3. The summed E-state index contributed by atoms with van der Waals surface area (Å²) in [5.74, 6) is -1.69. The van der Waals surface area contributed by atoms with E-state index < -0.39 is 12.0 Å². The van der Waals surface area contributed by atoms with Gasteiger partial charge in [0.1, 0.15) is 4.32 Å². The van der Waals surface area contributed by atoms with Gasteiger partial charge in [0.15, 0.2) is 0 Å². The monoisotopic (exact) mass is 375 g/mol. The number of hydrogen-bond acceptors (Lipinski definition) is 6. The third-order valence-corrected chi connectivity index (χ3v) is 5.71. The van der Waals surface area contributed by atoms with E-state index in [0.29, 0.717) is 34.2 Å². The van der Waals surface area contributed by atoms with Crippen molar-refractivity contribution >= 4 is 52.2 Å². The molecule has 0 bridgehead atoms. The van der Waals surface area contributed by atoms with E-state index in [1.54, 1.807) is 37.4 Å². The molecule has 0 spiro atoms. The van der Waals surface area contributed by atoms with Crippen LogP contribution in [0.15, 0.2) is 29.2 Å². The molecule has 2 saturated heterocycles. The first kappa shape index (κ1) is 17.6. The summed E-state index contributed by atoms with van der Waals surface area (Å²) in [5.41, 5.74) is 1.18. The van der Waals surface area contributed by atoms with Gasteiger partial charge in [-0.1, -0.05) is 36.1 Å². The molecular formula is C17H15N2O4S2-. The van der Waals surface area contributed by atoms with Crippen molar-refractivity contribution in [2.75, 3.05) is 13.6 Å². The number of carbonyl (C=O) groups is 3. The number of aliphatic carboxylic acids is 1. The average Bonchev–Trinajstić information content (AvgIpc) is 3.17. The molecule has 0 N–H and O–H groups in total. The molecule has 0 saturated carbocycles. The van der Waals surface area contributed by atoms with E-state index >= 15 is 0 Å². The molecule has 8 heteroatoms. The number of carboxylic acids is 1. The van der Waals surface area contributed by atoms with Gasteiger partial charge in [-0.3, -0.25) is 14.5 Å². The van der Waals surface area contributed by atoms with Crippen molar-refractivity contribution < 1.29 is 19.5 Å². The summed E-state index contributed by atoms with van der Waals surface area (Å²) in [6, 6.07) is 5.84. The molecule has 1 aromatic rings. The molecule has 0 radical (unpaired) electrons. The number of thioether (sulfide) groups is 1. The van der Waals surface area contributed by atoms with Gasteiger partial charge in [0.2, 0.25) is 0 Å². The van der Waals surface area contributed by atoms with E-state index in [0.717, 1.165) is 5.56 Å². The van der Waals surface area contributed by atoms with Gasteiger partial charge in [0.25, 0.3) is 11.8 Å². The fourth-order valence-corrected chi connectivity index (χ4v) is 4.02. The minimum absolute atomic E-state index is 0.149. The topological polar surface area (TPSA) is 80.8 Å². The second-order valence-electron chi connectivity index (χ2n) is 5.84. The first-order chi connectivity index (χ1) is 11.9. The molecule has 0 aromatic heterocycles. The zero-order valence-electron chi connectivity index (χ0n) is 13.4. The van der Waals surface area contributed by atoms with E-state index in [4.69, 9.17) is 12.2 Å². The second-order valence-corrected chi connectivity index (χ2v) is 7.51. The Morgan fingerprint density at radius 2 is 2.00 bits per heavy atom. The van der Waals surface area contributed by atoms with Crippen LogP contribution < -0.4 is 5.11 Å². The quantitative estimate of drug-likeness (QED) is 0.576. The SMILES string of the molecule is CN1C(=O)/C(=C\c2ccc(C(=O)N3CCC[C@@H]3C(=O)[O-])cc2)SC1=S. The van der Waals surface area contributed by atoms with Gasteiger partial charge in [-0.05, 0) is 36.6 Å². The Kier molecular flexibility index (Phi) is 4.91. The van der Waals surface area contributed by atoms with Crippen LogP contribution >= 0.6 is 24.0 Å². The van der Waals surface area contributed by atoms with Crippen LogP contribution in [-0.2, 0) is 9.59 Å². The molecule has 0 unspecified atom stereocenters. The highest BCUT2D eigenvalue weighted by Gasteiger charge is 2.30. The Balaban J connectivity index is 1.77. The molecule has 2 fully saturated rings. The van der Waals surface area contributed by atoms with E-state index in [1.807, 2.05) is 0 Å². The lowest BCUT2D eigenvalue weighted by Crippen LogP contribution is -2.46. The van der Waals surface area contributed by atoms with E-state index in [2.05, 4.69) is 0 Å². The van der Waals surface area contributed by atoms with Gasteiger partial charge in [0.05, 0.1) is 16.9 Å². The fourth-order valence-electron chi connectivity index (χ4n) is 2.84. The van der Waals surface area contributed by atoms with Crippen molar-refractivity contribution in [2.45, 2.75) is 18.9 Å². The molecule has 2 aliphatic heterocycles. The van der Waals surface area contributed by atoms with Crippen molar-refractivity contribution in [2.24, 2.45) is 0 Å². The number of thiocarbonyl (C=S) groups is 1. The van der Waals surface area contributed by atoms with Crippen LogP contribution in [0.1, 0.15) is 28.8 Å². The van der Waals surface area contributed by atoms with Crippen LogP contribution in [0.4, 0.5) is 0 Å². The molecule has 1 aromatic carbocycles. The number of carboxylic acid groups (broad SMARTS) is 1. The van der Waals surface area contributed by atoms with Gasteiger partial charge >= 0.3 is 0 Å². The molecule has 6 nitrogen and oxygen atoms in total. The maximum absolute atomic E-state index is 12.5. The summed E-state index contributed by atoms with van der Waals surface area (Å²) >= 11 is 6.32. The van der Waals surface area contributed by atoms with Crippen molar-refractivity contribution in [3.05, 3.63) is 40.3 Å². The van der Waals surface area contributed by atoms with Crippen LogP contribution in [0, 0.1) is 0 Å². The number of benzene rings is 1. The number of amides is 2. The summed E-state index contributed by atoms with van der Waals surface area (Å²) in [4.78, 5) is 38.9. The molecule has 3 rings (SSSR count). The maximum atomic E-state index is 12.5. The summed E-state index contributed by atoms with van der Waals surface area (Å²) in [6.07, 6.45) is 2.79.